The van der Waals surface area contributed by atoms with Gasteiger partial charge in [0.05, 0.1) is 6.26 Å². The second-order valence-corrected chi connectivity index (χ2v) is 8.76. The van der Waals surface area contributed by atoms with Gasteiger partial charge in [0.1, 0.15) is 24.5 Å². The number of aliphatic imine (C=N–C) groups is 1. The highest BCUT2D eigenvalue weighted by Crippen LogP contribution is 2.40. The number of nitrogens with two attached hydrogens (primary N) is 1. The van der Waals surface area contributed by atoms with Gasteiger partial charge in [-0.05, 0) is 47.9 Å². The second kappa shape index (κ2) is 7.62. The maximum atomic E-state index is 14.6. The van der Waals surface area contributed by atoms with Crippen molar-refractivity contribution in [3.8, 4) is 16.9 Å². The predicted octanol–water partition coefficient (Wildman–Crippen LogP) is 2.52. The number of halogens is 1. The van der Waals surface area contributed by atoms with Crippen molar-refractivity contribution < 1.29 is 21.7 Å². The molecule has 0 spiro atoms. The van der Waals surface area contributed by atoms with E-state index in [-0.39, 0.29) is 18.4 Å². The van der Waals surface area contributed by atoms with Gasteiger partial charge in [-0.2, -0.15) is 8.42 Å². The monoisotopic (exact) mass is 442 g/mol. The Morgan fingerprint density at radius 3 is 2.42 bits per heavy atom. The lowest BCUT2D eigenvalue weighted by molar-refractivity contribution is 0.278. The van der Waals surface area contributed by atoms with Crippen LogP contribution in [0, 0.1) is 12.7 Å². The van der Waals surface area contributed by atoms with Crippen LogP contribution in [0.25, 0.3) is 11.1 Å². The Morgan fingerprint density at radius 2 is 1.81 bits per heavy atom. The zero-order valence-electron chi connectivity index (χ0n) is 16.7. The van der Waals surface area contributed by atoms with Crippen molar-refractivity contribution in [3.63, 3.8) is 0 Å². The van der Waals surface area contributed by atoms with Crippen molar-refractivity contribution in [3.05, 3.63) is 77.6 Å². The smallest absolute Gasteiger partial charge is 0.306 e. The van der Waals surface area contributed by atoms with Gasteiger partial charge in [0, 0.05) is 23.5 Å². The van der Waals surface area contributed by atoms with Crippen molar-refractivity contribution in [1.82, 2.24) is 9.97 Å². The number of nitrogens with zero attached hydrogens (tertiary/aromatic N) is 3. The molecule has 10 heteroatoms. The Labute approximate surface area is 178 Å². The van der Waals surface area contributed by atoms with Crippen LogP contribution < -0.4 is 9.92 Å². The number of rotatable bonds is 5. The first kappa shape index (κ1) is 20.7. The number of aromatic nitrogens is 2. The Bertz CT molecular complexity index is 1280. The molecule has 1 atom stereocenters. The molecule has 1 aliphatic rings. The molecule has 0 fully saturated rings. The molecule has 0 saturated carbocycles. The zero-order chi connectivity index (χ0) is 22.2. The maximum absolute atomic E-state index is 14.6. The van der Waals surface area contributed by atoms with Crippen LogP contribution in [0.2, 0.25) is 0 Å². The van der Waals surface area contributed by atoms with Gasteiger partial charge in [0.2, 0.25) is 0 Å². The molecule has 31 heavy (non-hydrogen) atoms. The normalized spacial score (nSPS) is 18.4. The van der Waals surface area contributed by atoms with Crippen molar-refractivity contribution in [2.75, 3.05) is 12.9 Å². The van der Waals surface area contributed by atoms with Gasteiger partial charge in [-0.3, -0.25) is 0 Å². The molecule has 0 amide bonds. The third-order valence-corrected chi connectivity index (χ3v) is 5.42. The number of amidine groups is 1. The molecule has 1 aliphatic heterocycles. The lowest BCUT2D eigenvalue weighted by atomic mass is 9.82. The maximum Gasteiger partial charge on any atom is 0.306 e. The number of aryl methyl sites for hydroxylation is 1. The molecule has 160 valence electrons. The molecule has 3 aromatic rings. The highest BCUT2D eigenvalue weighted by atomic mass is 32.2. The minimum absolute atomic E-state index is 0.00281. The molecular weight excluding hydrogens is 423 g/mol. The van der Waals surface area contributed by atoms with E-state index in [2.05, 4.69) is 15.0 Å². The molecule has 2 N–H and O–H groups in total. The Morgan fingerprint density at radius 1 is 1.13 bits per heavy atom. The number of hydrogen-bond donors (Lipinski definition) is 1. The summed E-state index contributed by atoms with van der Waals surface area (Å²) in [6.07, 6.45) is 5.38. The Hall–Kier alpha value is -3.53. The van der Waals surface area contributed by atoms with E-state index >= 15 is 0 Å². The van der Waals surface area contributed by atoms with Gasteiger partial charge < -0.3 is 14.7 Å². The van der Waals surface area contributed by atoms with Crippen LogP contribution >= 0.6 is 0 Å². The zero-order valence-corrected chi connectivity index (χ0v) is 17.6. The fourth-order valence-electron chi connectivity index (χ4n) is 3.50. The average Bonchev–Trinajstić information content (AvgIpc) is 3.12. The summed E-state index contributed by atoms with van der Waals surface area (Å²) < 4.78 is 48.1. The summed E-state index contributed by atoms with van der Waals surface area (Å²) >= 11 is 0. The van der Waals surface area contributed by atoms with Crippen LogP contribution in [0.1, 0.15) is 16.7 Å². The van der Waals surface area contributed by atoms with E-state index in [1.165, 1.54) is 24.8 Å². The lowest BCUT2D eigenvalue weighted by Gasteiger charge is -2.26. The van der Waals surface area contributed by atoms with Crippen LogP contribution in [0.5, 0.6) is 5.75 Å². The van der Waals surface area contributed by atoms with Crippen molar-refractivity contribution >= 4 is 16.1 Å². The summed E-state index contributed by atoms with van der Waals surface area (Å²) in [6.45, 7) is 1.82. The van der Waals surface area contributed by atoms with Gasteiger partial charge in [-0.25, -0.2) is 19.4 Å². The largest absolute Gasteiger partial charge is 0.462 e. The van der Waals surface area contributed by atoms with Crippen LogP contribution in [-0.4, -0.2) is 37.3 Å². The minimum Gasteiger partial charge on any atom is -0.462 e. The van der Waals surface area contributed by atoms with Gasteiger partial charge in [-0.15, -0.1) is 0 Å². The predicted molar refractivity (Wildman–Crippen MR) is 112 cm³/mol. The van der Waals surface area contributed by atoms with Gasteiger partial charge in [-0.1, -0.05) is 12.1 Å². The highest BCUT2D eigenvalue weighted by molar-refractivity contribution is 7.86. The molecule has 2 heterocycles. The Balaban J connectivity index is 1.85. The third kappa shape index (κ3) is 4.06. The molecule has 8 nitrogen and oxygen atoms in total. The molecule has 1 aromatic heterocycles. The van der Waals surface area contributed by atoms with Gasteiger partial charge >= 0.3 is 10.1 Å². The number of ether oxygens (including phenoxy) is 1. The first-order chi connectivity index (χ1) is 14.7. The van der Waals surface area contributed by atoms with Gasteiger partial charge in [0.25, 0.3) is 6.02 Å². The van der Waals surface area contributed by atoms with Crippen LogP contribution in [0.15, 0.2) is 60.1 Å². The van der Waals surface area contributed by atoms with E-state index in [9.17, 15) is 12.8 Å². The third-order valence-electron chi connectivity index (χ3n) is 4.94. The summed E-state index contributed by atoms with van der Waals surface area (Å²) in [7, 11) is -3.67. The van der Waals surface area contributed by atoms with Crippen LogP contribution in [0.4, 0.5) is 4.39 Å². The summed E-state index contributed by atoms with van der Waals surface area (Å²) in [5, 5.41) is 0. The summed E-state index contributed by atoms with van der Waals surface area (Å²) in [5.74, 6) is -0.226. The lowest BCUT2D eigenvalue weighted by Crippen LogP contribution is -2.27. The first-order valence-electron chi connectivity index (χ1n) is 9.22. The topological polar surface area (TPSA) is 117 Å². The molecule has 4 rings (SSSR count). The highest BCUT2D eigenvalue weighted by Gasteiger charge is 2.40. The van der Waals surface area contributed by atoms with E-state index in [0.717, 1.165) is 6.26 Å². The molecule has 0 unspecified atom stereocenters. The van der Waals surface area contributed by atoms with E-state index in [4.69, 9.17) is 14.7 Å². The van der Waals surface area contributed by atoms with E-state index in [0.29, 0.717) is 27.8 Å². The minimum atomic E-state index is -3.67. The van der Waals surface area contributed by atoms with E-state index in [1.807, 2.05) is 0 Å². The summed E-state index contributed by atoms with van der Waals surface area (Å²) in [4.78, 5) is 12.4. The standard InChI is InChI=1S/C21H19FN4O4S/c1-13-7-15(4-6-19(13)30-31(2,27)28)21(11-29-20(23)26-21)16-3-5-18(22)17(8-16)14-9-24-12-25-10-14/h3-10,12H,11H2,1-2H3,(H2,23,26)/t21-/m0/s1. The molecule has 0 aliphatic carbocycles. The fraction of sp³-hybridized carbons (Fsp3) is 0.190. The molecule has 0 radical (unpaired) electrons. The number of hydrogen-bond acceptors (Lipinski definition) is 8. The summed E-state index contributed by atoms with van der Waals surface area (Å²) in [6, 6.07) is 9.61. The molecule has 0 saturated heterocycles. The quantitative estimate of drug-likeness (QED) is 0.604. The van der Waals surface area contributed by atoms with E-state index < -0.39 is 21.5 Å². The molecule has 2 aromatic carbocycles. The van der Waals surface area contributed by atoms with Crippen LogP contribution in [-0.2, 0) is 20.4 Å². The molecular formula is C21H19FN4O4S. The first-order valence-corrected chi connectivity index (χ1v) is 11.0. The van der Waals surface area contributed by atoms with Crippen molar-refractivity contribution in [2.45, 2.75) is 12.5 Å². The average molecular weight is 442 g/mol. The molecule has 0 bridgehead atoms. The van der Waals surface area contributed by atoms with Crippen molar-refractivity contribution in [1.29, 1.82) is 0 Å². The fourth-order valence-corrected chi connectivity index (χ4v) is 4.01. The Kier molecular flexibility index (Phi) is 5.10. The van der Waals surface area contributed by atoms with Crippen LogP contribution in [0.3, 0.4) is 0 Å². The van der Waals surface area contributed by atoms with Crippen molar-refractivity contribution in [2.24, 2.45) is 10.7 Å². The second-order valence-electron chi connectivity index (χ2n) is 7.19. The summed E-state index contributed by atoms with van der Waals surface area (Å²) in [5.41, 5.74) is 7.54. The number of benzene rings is 2. The SMILES string of the molecule is Cc1cc([C@]2(c3ccc(F)c(-c4cncnc4)c3)COC(N)=N2)ccc1OS(C)(=O)=O. The van der Waals surface area contributed by atoms with Gasteiger partial charge in [0.15, 0.2) is 5.54 Å². The van der Waals surface area contributed by atoms with E-state index in [1.54, 1.807) is 37.3 Å².